The number of phenols is 1. The molecule has 0 saturated heterocycles. The molecule has 0 heterocycles. The summed E-state index contributed by atoms with van der Waals surface area (Å²) in [5.41, 5.74) is 5.89. The van der Waals surface area contributed by atoms with Crippen LogP contribution in [-0.4, -0.2) is 42.9 Å². The highest BCUT2D eigenvalue weighted by Gasteiger charge is 2.17. The first-order chi connectivity index (χ1) is 17.7. The maximum absolute atomic E-state index is 13.1. The Morgan fingerprint density at radius 3 is 2.19 bits per heavy atom. The summed E-state index contributed by atoms with van der Waals surface area (Å²) in [6.45, 7) is 9.52. The summed E-state index contributed by atoms with van der Waals surface area (Å²) in [4.78, 5) is 19.9. The largest absolute Gasteiger partial charge is 0.508 e. The highest BCUT2D eigenvalue weighted by Crippen LogP contribution is 2.32. The number of hydrogen-bond acceptors (Lipinski definition) is 4. The van der Waals surface area contributed by atoms with Crippen molar-refractivity contribution in [1.82, 2.24) is 10.2 Å². The number of hydrogen-bond donors (Lipinski definition) is 3. The van der Waals surface area contributed by atoms with Crippen LogP contribution in [0.2, 0.25) is 0 Å². The second kappa shape index (κ2) is 13.1. The van der Waals surface area contributed by atoms with Gasteiger partial charge in [-0.25, -0.2) is 4.79 Å². The minimum atomic E-state index is -0.261. The third-order valence-electron chi connectivity index (χ3n) is 6.25. The highest BCUT2D eigenvalue weighted by molar-refractivity contribution is 5.91. The van der Waals surface area contributed by atoms with Crippen LogP contribution in [0.4, 0.5) is 10.5 Å². The lowest BCUT2D eigenvalue weighted by Gasteiger charge is -2.21. The van der Waals surface area contributed by atoms with Gasteiger partial charge >= 0.3 is 6.03 Å². The van der Waals surface area contributed by atoms with Crippen LogP contribution in [0.1, 0.15) is 73.4 Å². The topological polar surface area (TPSA) is 77.0 Å². The minimum Gasteiger partial charge on any atom is -0.508 e. The van der Waals surface area contributed by atoms with Gasteiger partial charge in [0.2, 0.25) is 0 Å². The fraction of sp³-hybridized carbons (Fsp3) is 0.355. The molecule has 0 saturated carbocycles. The molecule has 0 radical (unpaired) electrons. The van der Waals surface area contributed by atoms with E-state index >= 15 is 0 Å². The Bertz CT molecular complexity index is 1180. The van der Waals surface area contributed by atoms with Crippen molar-refractivity contribution in [3.05, 3.63) is 94.5 Å². The lowest BCUT2D eigenvalue weighted by Crippen LogP contribution is -2.33. The van der Waals surface area contributed by atoms with Gasteiger partial charge in [-0.15, -0.1) is 0 Å². The van der Waals surface area contributed by atoms with Crippen molar-refractivity contribution in [2.24, 2.45) is 4.99 Å². The molecule has 0 aliphatic carbocycles. The Balaban J connectivity index is 1.79. The zero-order valence-electron chi connectivity index (χ0n) is 22.8. The molecule has 3 N–H and O–H groups in total. The second-order valence-corrected chi connectivity index (χ2v) is 10.3. The Hall–Kier alpha value is -3.64. The van der Waals surface area contributed by atoms with E-state index in [1.54, 1.807) is 12.3 Å². The van der Waals surface area contributed by atoms with Crippen LogP contribution in [0.15, 0.2) is 71.7 Å². The van der Waals surface area contributed by atoms with Gasteiger partial charge in [0.1, 0.15) is 5.75 Å². The van der Waals surface area contributed by atoms with E-state index in [1.807, 2.05) is 61.5 Å². The molecule has 3 rings (SSSR count). The third kappa shape index (κ3) is 7.92. The molecule has 0 spiro atoms. The average molecular weight is 501 g/mol. The van der Waals surface area contributed by atoms with Gasteiger partial charge in [0.05, 0.1) is 6.04 Å². The standard InChI is InChI=1S/C31H40N4O2/c1-21(2)26-13-10-14-27(22(3)4)30(26)34-31(37)33-19-28(24-11-8-7-9-12-24)32-18-23-15-16-29(36)25(17-23)20-35(5)6/h7-18,21-22,28,36H,19-20H2,1-6H3,(H2,33,34,37)/t28-/m0/s1. The Morgan fingerprint density at radius 2 is 1.59 bits per heavy atom. The number of aromatic hydroxyl groups is 1. The normalized spacial score (nSPS) is 12.5. The van der Waals surface area contributed by atoms with Crippen LogP contribution in [0, 0.1) is 0 Å². The third-order valence-corrected chi connectivity index (χ3v) is 6.25. The average Bonchev–Trinajstić information content (AvgIpc) is 2.86. The van der Waals surface area contributed by atoms with E-state index < -0.39 is 0 Å². The quantitative estimate of drug-likeness (QED) is 0.272. The molecule has 0 aliphatic heterocycles. The number of carbonyl (C=O) groups excluding carboxylic acids is 1. The van der Waals surface area contributed by atoms with Gasteiger partial charge < -0.3 is 20.6 Å². The predicted octanol–water partition coefficient (Wildman–Crippen LogP) is 6.68. The molecule has 2 amide bonds. The van der Waals surface area contributed by atoms with E-state index in [0.29, 0.717) is 24.9 Å². The first-order valence-electron chi connectivity index (χ1n) is 12.9. The summed E-state index contributed by atoms with van der Waals surface area (Å²) < 4.78 is 0. The SMILES string of the molecule is CC(C)c1cccc(C(C)C)c1NC(=O)NC[C@H](N=Cc1ccc(O)c(CN(C)C)c1)c1ccccc1. The molecule has 0 aliphatic rings. The Morgan fingerprint density at radius 1 is 0.946 bits per heavy atom. The number of urea groups is 1. The number of aliphatic imine (C=N–C) groups is 1. The molecule has 37 heavy (non-hydrogen) atoms. The van der Waals surface area contributed by atoms with Crippen molar-refractivity contribution in [1.29, 1.82) is 0 Å². The van der Waals surface area contributed by atoms with Crippen molar-refractivity contribution in [3.63, 3.8) is 0 Å². The van der Waals surface area contributed by atoms with E-state index in [4.69, 9.17) is 4.99 Å². The predicted molar refractivity (Wildman–Crippen MR) is 154 cm³/mol. The second-order valence-electron chi connectivity index (χ2n) is 10.3. The molecule has 6 nitrogen and oxygen atoms in total. The van der Waals surface area contributed by atoms with Gasteiger partial charge in [0.15, 0.2) is 0 Å². The summed E-state index contributed by atoms with van der Waals surface area (Å²) in [7, 11) is 3.93. The van der Waals surface area contributed by atoms with Crippen LogP contribution in [0.25, 0.3) is 0 Å². The lowest BCUT2D eigenvalue weighted by molar-refractivity contribution is 0.251. The molecule has 6 heteroatoms. The van der Waals surface area contributed by atoms with E-state index in [0.717, 1.165) is 33.5 Å². The number of phenolic OH excluding ortho intramolecular Hbond substituents is 1. The zero-order chi connectivity index (χ0) is 26.9. The van der Waals surface area contributed by atoms with E-state index in [9.17, 15) is 9.90 Å². The van der Waals surface area contributed by atoms with Crippen molar-refractivity contribution in [2.45, 2.75) is 52.1 Å². The maximum atomic E-state index is 13.1. The number of para-hydroxylation sites is 1. The van der Waals surface area contributed by atoms with Gasteiger partial charge in [0, 0.05) is 30.6 Å². The molecular weight excluding hydrogens is 460 g/mol. The van der Waals surface area contributed by atoms with Crippen molar-refractivity contribution in [3.8, 4) is 5.75 Å². The molecule has 0 aromatic heterocycles. The van der Waals surface area contributed by atoms with Crippen molar-refractivity contribution in [2.75, 3.05) is 26.0 Å². The summed E-state index contributed by atoms with van der Waals surface area (Å²) in [5.74, 6) is 0.850. The first-order valence-corrected chi connectivity index (χ1v) is 12.9. The van der Waals surface area contributed by atoms with Gasteiger partial charge in [-0.05, 0) is 66.4 Å². The van der Waals surface area contributed by atoms with Crippen molar-refractivity contribution < 1.29 is 9.90 Å². The van der Waals surface area contributed by atoms with Crippen LogP contribution in [0.5, 0.6) is 5.75 Å². The zero-order valence-corrected chi connectivity index (χ0v) is 22.8. The number of anilines is 1. The fourth-order valence-electron chi connectivity index (χ4n) is 4.30. The fourth-order valence-corrected chi connectivity index (χ4v) is 4.30. The molecule has 0 fully saturated rings. The summed E-state index contributed by atoms with van der Waals surface area (Å²) in [6, 6.07) is 21.1. The Labute approximate surface area is 221 Å². The van der Waals surface area contributed by atoms with Crippen molar-refractivity contribution >= 4 is 17.9 Å². The highest BCUT2D eigenvalue weighted by atomic mass is 16.3. The van der Waals surface area contributed by atoms with Gasteiger partial charge in [0.25, 0.3) is 0 Å². The smallest absolute Gasteiger partial charge is 0.319 e. The van der Waals surface area contributed by atoms with E-state index in [2.05, 4.69) is 56.5 Å². The molecular formula is C31H40N4O2. The van der Waals surface area contributed by atoms with Crippen LogP contribution in [-0.2, 0) is 6.54 Å². The molecule has 1 atom stereocenters. The maximum Gasteiger partial charge on any atom is 0.319 e. The summed E-state index contributed by atoms with van der Waals surface area (Å²) in [6.07, 6.45) is 1.81. The summed E-state index contributed by atoms with van der Waals surface area (Å²) >= 11 is 0. The molecule has 3 aromatic rings. The number of amides is 2. The molecule has 0 unspecified atom stereocenters. The first kappa shape index (κ1) is 27.9. The lowest BCUT2D eigenvalue weighted by atomic mass is 9.93. The number of nitrogens with zero attached hydrogens (tertiary/aromatic N) is 2. The van der Waals surface area contributed by atoms with Gasteiger partial charge in [-0.2, -0.15) is 0 Å². The van der Waals surface area contributed by atoms with Crippen LogP contribution in [0.3, 0.4) is 0 Å². The summed E-state index contributed by atoms with van der Waals surface area (Å²) in [5, 5.41) is 16.3. The number of benzene rings is 3. The molecule has 196 valence electrons. The molecule has 3 aromatic carbocycles. The Kier molecular flexibility index (Phi) is 9.86. The van der Waals surface area contributed by atoms with Crippen LogP contribution < -0.4 is 10.6 Å². The number of carbonyl (C=O) groups is 1. The van der Waals surface area contributed by atoms with E-state index in [1.165, 1.54) is 0 Å². The van der Waals surface area contributed by atoms with E-state index in [-0.39, 0.29) is 17.8 Å². The molecule has 0 bridgehead atoms. The number of nitrogens with one attached hydrogen (secondary N) is 2. The van der Waals surface area contributed by atoms with Gasteiger partial charge in [-0.3, -0.25) is 4.99 Å². The van der Waals surface area contributed by atoms with Gasteiger partial charge in [-0.1, -0.05) is 76.2 Å². The number of rotatable bonds is 10. The minimum absolute atomic E-state index is 0.246. The van der Waals surface area contributed by atoms with Crippen LogP contribution >= 0.6 is 0 Å². The monoisotopic (exact) mass is 500 g/mol.